The number of benzene rings is 1. The first-order chi connectivity index (χ1) is 8.58. The Morgan fingerprint density at radius 1 is 1.22 bits per heavy atom. The van der Waals surface area contributed by atoms with Crippen LogP contribution >= 0.6 is 0 Å². The van der Waals surface area contributed by atoms with Gasteiger partial charge in [-0.2, -0.15) is 0 Å². The normalized spacial score (nSPS) is 22.7. The summed E-state index contributed by atoms with van der Waals surface area (Å²) < 4.78 is 0. The van der Waals surface area contributed by atoms with E-state index in [9.17, 15) is 14.7 Å². The maximum atomic E-state index is 12.0. The molecule has 2 rings (SSSR count). The molecule has 0 saturated heterocycles. The molecule has 1 aromatic rings. The third-order valence-electron chi connectivity index (χ3n) is 3.28. The Labute approximate surface area is 104 Å². The van der Waals surface area contributed by atoms with Gasteiger partial charge in [0.15, 0.2) is 0 Å². The summed E-state index contributed by atoms with van der Waals surface area (Å²) in [7, 11) is 0. The molecule has 1 fully saturated rings. The van der Waals surface area contributed by atoms with E-state index in [1.54, 1.807) is 12.1 Å². The van der Waals surface area contributed by atoms with E-state index < -0.39 is 17.8 Å². The highest BCUT2D eigenvalue weighted by atomic mass is 16.4. The zero-order valence-corrected chi connectivity index (χ0v) is 9.80. The number of rotatable bonds is 3. The van der Waals surface area contributed by atoms with Gasteiger partial charge < -0.3 is 15.5 Å². The number of phenols is 1. The number of carbonyl (C=O) groups excluding carboxylic acids is 1. The number of aliphatic carboxylic acids is 1. The van der Waals surface area contributed by atoms with E-state index in [0.717, 1.165) is 6.42 Å². The Balaban J connectivity index is 2.06. The third kappa shape index (κ3) is 2.61. The van der Waals surface area contributed by atoms with Gasteiger partial charge in [0.1, 0.15) is 5.75 Å². The Morgan fingerprint density at radius 3 is 2.61 bits per heavy atom. The summed E-state index contributed by atoms with van der Waals surface area (Å²) in [6, 6.07) is 6.21. The molecule has 1 amide bonds. The molecule has 2 atom stereocenters. The van der Waals surface area contributed by atoms with Crippen molar-refractivity contribution in [2.45, 2.75) is 19.3 Å². The number of nitrogens with one attached hydrogen (secondary N) is 1. The van der Waals surface area contributed by atoms with Gasteiger partial charge in [-0.3, -0.25) is 9.59 Å². The summed E-state index contributed by atoms with van der Waals surface area (Å²) in [5.74, 6) is -2.21. The van der Waals surface area contributed by atoms with E-state index in [2.05, 4.69) is 5.32 Å². The maximum Gasteiger partial charge on any atom is 0.307 e. The minimum absolute atomic E-state index is 0.0639. The lowest BCUT2D eigenvalue weighted by atomic mass is 9.95. The zero-order valence-electron chi connectivity index (χ0n) is 9.80. The van der Waals surface area contributed by atoms with Gasteiger partial charge in [0.2, 0.25) is 5.91 Å². The van der Waals surface area contributed by atoms with Crippen molar-refractivity contribution < 1.29 is 19.8 Å². The standard InChI is InChI=1S/C13H15NO4/c15-9-4-1-3-8(7-9)14-12(16)10-5-2-6-11(10)13(17)18/h1,3-4,7,10-11,15H,2,5-6H2,(H,14,16)(H,17,18). The van der Waals surface area contributed by atoms with Crippen molar-refractivity contribution in [3.8, 4) is 5.75 Å². The van der Waals surface area contributed by atoms with Crippen molar-refractivity contribution >= 4 is 17.6 Å². The number of hydrogen-bond donors (Lipinski definition) is 3. The fourth-order valence-corrected chi connectivity index (χ4v) is 2.39. The van der Waals surface area contributed by atoms with E-state index in [4.69, 9.17) is 5.11 Å². The Hall–Kier alpha value is -2.04. The van der Waals surface area contributed by atoms with Crippen molar-refractivity contribution in [1.82, 2.24) is 0 Å². The van der Waals surface area contributed by atoms with Crippen LogP contribution in [0.25, 0.3) is 0 Å². The molecule has 0 bridgehead atoms. The zero-order chi connectivity index (χ0) is 13.1. The Bertz CT molecular complexity index is 472. The second-order valence-corrected chi connectivity index (χ2v) is 4.52. The predicted molar refractivity (Wildman–Crippen MR) is 65.2 cm³/mol. The molecule has 1 aliphatic carbocycles. The van der Waals surface area contributed by atoms with Gasteiger partial charge in [-0.1, -0.05) is 12.5 Å². The second kappa shape index (κ2) is 5.08. The van der Waals surface area contributed by atoms with E-state index in [-0.39, 0.29) is 11.7 Å². The fraction of sp³-hybridized carbons (Fsp3) is 0.385. The van der Waals surface area contributed by atoms with Crippen molar-refractivity contribution in [1.29, 1.82) is 0 Å². The van der Waals surface area contributed by atoms with Crippen LogP contribution < -0.4 is 5.32 Å². The number of amides is 1. The molecule has 5 nitrogen and oxygen atoms in total. The Kier molecular flexibility index (Phi) is 3.50. The molecular weight excluding hydrogens is 234 g/mol. The number of carboxylic acids is 1. The van der Waals surface area contributed by atoms with Crippen LogP contribution in [0.3, 0.4) is 0 Å². The number of hydrogen-bond acceptors (Lipinski definition) is 3. The van der Waals surface area contributed by atoms with Crippen LogP contribution in [-0.4, -0.2) is 22.1 Å². The highest BCUT2D eigenvalue weighted by Crippen LogP contribution is 2.33. The molecule has 18 heavy (non-hydrogen) atoms. The van der Waals surface area contributed by atoms with Crippen molar-refractivity contribution in [2.24, 2.45) is 11.8 Å². The minimum atomic E-state index is -0.913. The second-order valence-electron chi connectivity index (χ2n) is 4.52. The van der Waals surface area contributed by atoms with Crippen molar-refractivity contribution in [3.05, 3.63) is 24.3 Å². The SMILES string of the molecule is O=C(O)C1CCCC1C(=O)Nc1cccc(O)c1. The van der Waals surface area contributed by atoms with Crippen LogP contribution in [0, 0.1) is 11.8 Å². The highest BCUT2D eigenvalue weighted by molar-refractivity contribution is 5.95. The van der Waals surface area contributed by atoms with Crippen LogP contribution in [0.1, 0.15) is 19.3 Å². The molecule has 1 aliphatic rings. The molecule has 0 heterocycles. The van der Waals surface area contributed by atoms with Gasteiger partial charge >= 0.3 is 5.97 Å². The predicted octanol–water partition coefficient (Wildman–Crippen LogP) is 1.83. The van der Waals surface area contributed by atoms with Crippen LogP contribution in [0.15, 0.2) is 24.3 Å². The number of anilines is 1. The number of aromatic hydroxyl groups is 1. The minimum Gasteiger partial charge on any atom is -0.508 e. The summed E-state index contributed by atoms with van der Waals surface area (Å²) in [5, 5.41) is 21.0. The van der Waals surface area contributed by atoms with Gasteiger partial charge in [-0.15, -0.1) is 0 Å². The molecule has 1 aromatic carbocycles. The highest BCUT2D eigenvalue weighted by Gasteiger charge is 2.37. The average molecular weight is 249 g/mol. The van der Waals surface area contributed by atoms with Gasteiger partial charge in [-0.25, -0.2) is 0 Å². The first-order valence-electron chi connectivity index (χ1n) is 5.90. The van der Waals surface area contributed by atoms with E-state index in [1.807, 2.05) is 0 Å². The average Bonchev–Trinajstić information content (AvgIpc) is 2.77. The summed E-state index contributed by atoms with van der Waals surface area (Å²) in [6.45, 7) is 0. The van der Waals surface area contributed by atoms with Gasteiger partial charge in [0.05, 0.1) is 11.8 Å². The Morgan fingerprint density at radius 2 is 1.94 bits per heavy atom. The summed E-state index contributed by atoms with van der Waals surface area (Å²) in [6.07, 6.45) is 1.91. The molecule has 0 spiro atoms. The van der Waals surface area contributed by atoms with Crippen LogP contribution in [0.4, 0.5) is 5.69 Å². The largest absolute Gasteiger partial charge is 0.508 e. The number of phenolic OH excluding ortho intramolecular Hbond substituents is 1. The van der Waals surface area contributed by atoms with Crippen molar-refractivity contribution in [3.63, 3.8) is 0 Å². The smallest absolute Gasteiger partial charge is 0.307 e. The van der Waals surface area contributed by atoms with Crippen LogP contribution in [0.2, 0.25) is 0 Å². The first-order valence-corrected chi connectivity index (χ1v) is 5.90. The topological polar surface area (TPSA) is 86.6 Å². The van der Waals surface area contributed by atoms with Crippen LogP contribution in [-0.2, 0) is 9.59 Å². The molecular formula is C13H15NO4. The lowest BCUT2D eigenvalue weighted by Crippen LogP contribution is -2.29. The molecule has 0 aromatic heterocycles. The fourth-order valence-electron chi connectivity index (χ4n) is 2.39. The van der Waals surface area contributed by atoms with Crippen molar-refractivity contribution in [2.75, 3.05) is 5.32 Å². The summed E-state index contributed by atoms with van der Waals surface area (Å²) >= 11 is 0. The number of carbonyl (C=O) groups is 2. The van der Waals surface area contributed by atoms with Gasteiger partial charge in [0, 0.05) is 11.8 Å². The van der Waals surface area contributed by atoms with Gasteiger partial charge in [0.25, 0.3) is 0 Å². The lowest BCUT2D eigenvalue weighted by Gasteiger charge is -2.15. The monoisotopic (exact) mass is 249 g/mol. The quantitative estimate of drug-likeness (QED) is 0.762. The third-order valence-corrected chi connectivity index (χ3v) is 3.28. The van der Waals surface area contributed by atoms with Gasteiger partial charge in [-0.05, 0) is 25.0 Å². The first kappa shape index (κ1) is 12.4. The molecule has 5 heteroatoms. The maximum absolute atomic E-state index is 12.0. The molecule has 0 radical (unpaired) electrons. The number of carboxylic acid groups (broad SMARTS) is 1. The van der Waals surface area contributed by atoms with Crippen LogP contribution in [0.5, 0.6) is 5.75 Å². The summed E-state index contributed by atoms with van der Waals surface area (Å²) in [5.41, 5.74) is 0.482. The summed E-state index contributed by atoms with van der Waals surface area (Å²) in [4.78, 5) is 23.0. The molecule has 1 saturated carbocycles. The lowest BCUT2D eigenvalue weighted by molar-refractivity contribution is -0.145. The molecule has 96 valence electrons. The molecule has 2 unspecified atom stereocenters. The molecule has 0 aliphatic heterocycles. The molecule has 3 N–H and O–H groups in total. The van der Waals surface area contributed by atoms with E-state index >= 15 is 0 Å². The van der Waals surface area contributed by atoms with E-state index in [1.165, 1.54) is 12.1 Å². The van der Waals surface area contributed by atoms with E-state index in [0.29, 0.717) is 18.5 Å².